The molecule has 0 spiro atoms. The molecule has 0 aromatic carbocycles. The van der Waals surface area contributed by atoms with Gasteiger partial charge in [-0.05, 0) is 24.7 Å². The second kappa shape index (κ2) is 6.21. The monoisotopic (exact) mass is 306 g/mol. The Kier molecular flexibility index (Phi) is 4.47. The fourth-order valence-corrected chi connectivity index (χ4v) is 3.66. The smallest absolute Gasteiger partial charge is 0.199 e. The Balaban J connectivity index is 1.90. The van der Waals surface area contributed by atoms with Gasteiger partial charge in [0.2, 0.25) is 0 Å². The molecule has 2 aliphatic heterocycles. The van der Waals surface area contributed by atoms with Gasteiger partial charge in [-0.1, -0.05) is 47.0 Å². The lowest BCUT2D eigenvalue weighted by Crippen LogP contribution is -2.41. The molecule has 3 aliphatic rings. The van der Waals surface area contributed by atoms with E-state index in [4.69, 9.17) is 19.5 Å². The lowest BCUT2D eigenvalue weighted by Gasteiger charge is -2.35. The van der Waals surface area contributed by atoms with E-state index in [9.17, 15) is 0 Å². The largest absolute Gasteiger partial charge is 0.478 e. The summed E-state index contributed by atoms with van der Waals surface area (Å²) in [6.45, 7) is 10.3. The fraction of sp³-hybridized carbons (Fsp3) is 0.889. The van der Waals surface area contributed by atoms with Gasteiger partial charge < -0.3 is 9.47 Å². The van der Waals surface area contributed by atoms with E-state index in [0.717, 1.165) is 37.9 Å². The van der Waals surface area contributed by atoms with Crippen molar-refractivity contribution < 1.29 is 9.47 Å². The minimum atomic E-state index is -0.175. The molecular weight excluding hydrogens is 276 g/mol. The highest BCUT2D eigenvalue weighted by molar-refractivity contribution is 6.06. The van der Waals surface area contributed by atoms with Crippen molar-refractivity contribution in [3.8, 4) is 0 Å². The van der Waals surface area contributed by atoms with E-state index < -0.39 is 0 Å². The van der Waals surface area contributed by atoms with Gasteiger partial charge in [0.05, 0.1) is 12.1 Å². The van der Waals surface area contributed by atoms with Gasteiger partial charge in [0.1, 0.15) is 18.6 Å². The molecule has 2 atom stereocenters. The molecule has 4 nitrogen and oxygen atoms in total. The maximum atomic E-state index is 6.07. The molecule has 4 heteroatoms. The molecular formula is C18H30N2O2. The molecule has 0 aromatic heterocycles. The molecule has 0 radical (unpaired) electrons. The van der Waals surface area contributed by atoms with Crippen LogP contribution in [0.1, 0.15) is 59.8 Å². The van der Waals surface area contributed by atoms with E-state index in [1.807, 2.05) is 0 Å². The SMILES string of the molecule is CC(C)[C@@H]1COC(C2(C3=N[C@H](C(C)C)CO3)CCCCC2)=N1. The Morgan fingerprint density at radius 2 is 1.27 bits per heavy atom. The van der Waals surface area contributed by atoms with Crippen molar-refractivity contribution in [2.45, 2.75) is 71.9 Å². The Labute approximate surface area is 134 Å². The average Bonchev–Trinajstić information content (AvgIpc) is 3.18. The first-order valence-electron chi connectivity index (χ1n) is 8.95. The molecule has 1 fully saturated rings. The Hall–Kier alpha value is -1.06. The van der Waals surface area contributed by atoms with E-state index in [1.54, 1.807) is 0 Å². The van der Waals surface area contributed by atoms with Gasteiger partial charge in [-0.3, -0.25) is 0 Å². The molecule has 1 saturated carbocycles. The zero-order valence-corrected chi connectivity index (χ0v) is 14.5. The summed E-state index contributed by atoms with van der Waals surface area (Å²) < 4.78 is 12.1. The highest BCUT2D eigenvalue weighted by Crippen LogP contribution is 2.43. The zero-order valence-electron chi connectivity index (χ0n) is 14.5. The minimum absolute atomic E-state index is 0.175. The molecule has 0 amide bonds. The predicted octanol–water partition coefficient (Wildman–Crippen LogP) is 3.84. The van der Waals surface area contributed by atoms with Gasteiger partial charge in [0.25, 0.3) is 0 Å². The third-order valence-corrected chi connectivity index (χ3v) is 5.41. The summed E-state index contributed by atoms with van der Waals surface area (Å²) in [6.07, 6.45) is 5.86. The topological polar surface area (TPSA) is 43.2 Å². The van der Waals surface area contributed by atoms with E-state index >= 15 is 0 Å². The van der Waals surface area contributed by atoms with Crippen LogP contribution in [0.5, 0.6) is 0 Å². The second-order valence-corrected chi connectivity index (χ2v) is 7.76. The van der Waals surface area contributed by atoms with Crippen LogP contribution in [0, 0.1) is 17.3 Å². The number of hydrogen-bond acceptors (Lipinski definition) is 4. The van der Waals surface area contributed by atoms with Crippen LogP contribution < -0.4 is 0 Å². The van der Waals surface area contributed by atoms with Crippen molar-refractivity contribution in [3.63, 3.8) is 0 Å². The summed E-state index contributed by atoms with van der Waals surface area (Å²) in [6, 6.07) is 0.577. The van der Waals surface area contributed by atoms with Crippen LogP contribution in [-0.2, 0) is 9.47 Å². The molecule has 1 aliphatic carbocycles. The maximum Gasteiger partial charge on any atom is 0.199 e. The van der Waals surface area contributed by atoms with Crippen LogP contribution in [0.4, 0.5) is 0 Å². The number of ether oxygens (including phenoxy) is 2. The molecule has 3 rings (SSSR count). The summed E-state index contributed by atoms with van der Waals surface area (Å²) in [5.74, 6) is 2.86. The first kappa shape index (κ1) is 15.8. The maximum absolute atomic E-state index is 6.07. The summed E-state index contributed by atoms with van der Waals surface area (Å²) in [5.41, 5.74) is -0.175. The van der Waals surface area contributed by atoms with Crippen LogP contribution in [0.25, 0.3) is 0 Å². The molecule has 0 saturated heterocycles. The normalized spacial score (nSPS) is 31.0. The van der Waals surface area contributed by atoms with Crippen molar-refractivity contribution in [2.75, 3.05) is 13.2 Å². The van der Waals surface area contributed by atoms with Crippen molar-refractivity contribution in [2.24, 2.45) is 27.2 Å². The summed E-state index contributed by atoms with van der Waals surface area (Å²) >= 11 is 0. The summed E-state index contributed by atoms with van der Waals surface area (Å²) in [7, 11) is 0. The molecule has 0 N–H and O–H groups in total. The van der Waals surface area contributed by atoms with Crippen molar-refractivity contribution in [3.05, 3.63) is 0 Å². The second-order valence-electron chi connectivity index (χ2n) is 7.76. The lowest BCUT2D eigenvalue weighted by molar-refractivity contribution is 0.212. The van der Waals surface area contributed by atoms with Gasteiger partial charge in [0.15, 0.2) is 11.8 Å². The van der Waals surface area contributed by atoms with Gasteiger partial charge in [-0.15, -0.1) is 0 Å². The Bertz CT molecular complexity index is 426. The van der Waals surface area contributed by atoms with Crippen LogP contribution >= 0.6 is 0 Å². The fourth-order valence-electron chi connectivity index (χ4n) is 3.66. The molecule has 0 unspecified atom stereocenters. The number of rotatable bonds is 4. The quantitative estimate of drug-likeness (QED) is 0.792. The first-order valence-corrected chi connectivity index (χ1v) is 8.95. The predicted molar refractivity (Wildman–Crippen MR) is 89.5 cm³/mol. The number of aliphatic imine (C=N–C) groups is 2. The third-order valence-electron chi connectivity index (χ3n) is 5.41. The van der Waals surface area contributed by atoms with Crippen molar-refractivity contribution in [1.82, 2.24) is 0 Å². The van der Waals surface area contributed by atoms with Gasteiger partial charge in [0, 0.05) is 0 Å². The van der Waals surface area contributed by atoms with Crippen molar-refractivity contribution in [1.29, 1.82) is 0 Å². The molecule has 22 heavy (non-hydrogen) atoms. The Morgan fingerprint density at radius 1 is 0.818 bits per heavy atom. The molecule has 0 aromatic rings. The minimum Gasteiger partial charge on any atom is -0.478 e. The van der Waals surface area contributed by atoms with Gasteiger partial charge in [-0.25, -0.2) is 9.98 Å². The number of hydrogen-bond donors (Lipinski definition) is 0. The van der Waals surface area contributed by atoms with E-state index in [1.165, 1.54) is 19.3 Å². The highest BCUT2D eigenvalue weighted by atomic mass is 16.5. The van der Waals surface area contributed by atoms with Crippen LogP contribution in [0.2, 0.25) is 0 Å². The van der Waals surface area contributed by atoms with Gasteiger partial charge >= 0.3 is 0 Å². The van der Waals surface area contributed by atoms with E-state index in [2.05, 4.69) is 27.7 Å². The van der Waals surface area contributed by atoms with E-state index in [0.29, 0.717) is 11.8 Å². The summed E-state index contributed by atoms with van der Waals surface area (Å²) in [5, 5.41) is 0. The van der Waals surface area contributed by atoms with Gasteiger partial charge in [-0.2, -0.15) is 0 Å². The molecule has 0 bridgehead atoms. The Morgan fingerprint density at radius 3 is 1.64 bits per heavy atom. The number of nitrogens with zero attached hydrogens (tertiary/aromatic N) is 2. The zero-order chi connectivity index (χ0) is 15.7. The highest BCUT2D eigenvalue weighted by Gasteiger charge is 2.49. The standard InChI is InChI=1S/C18H30N2O2/c1-12(2)14-10-21-16(19-14)18(8-6-5-7-9-18)17-20-15(11-22-17)13(3)4/h12-15H,5-11H2,1-4H3/t14-,15-/m0/s1. The van der Waals surface area contributed by atoms with E-state index in [-0.39, 0.29) is 17.5 Å². The van der Waals surface area contributed by atoms with Crippen LogP contribution in [0.15, 0.2) is 9.98 Å². The van der Waals surface area contributed by atoms with Crippen LogP contribution in [-0.4, -0.2) is 37.1 Å². The van der Waals surface area contributed by atoms with Crippen LogP contribution in [0.3, 0.4) is 0 Å². The summed E-state index contributed by atoms with van der Waals surface area (Å²) in [4.78, 5) is 9.86. The third kappa shape index (κ3) is 2.77. The molecule has 124 valence electrons. The molecule has 2 heterocycles. The average molecular weight is 306 g/mol. The lowest BCUT2D eigenvalue weighted by atomic mass is 9.73. The first-order chi connectivity index (χ1) is 10.5. The van der Waals surface area contributed by atoms with Crippen molar-refractivity contribution >= 4 is 11.8 Å².